The number of hydrogen-bond donors (Lipinski definition) is 1. The van der Waals surface area contributed by atoms with Crippen molar-refractivity contribution in [3.8, 4) is 0 Å². The molecule has 0 saturated carbocycles. The smallest absolute Gasteiger partial charge is 0.194 e. The maximum absolute atomic E-state index is 5.79. The molecule has 1 atom stereocenters. The Kier molecular flexibility index (Phi) is 4.21. The summed E-state index contributed by atoms with van der Waals surface area (Å²) in [6.07, 6.45) is 3.84. The van der Waals surface area contributed by atoms with Gasteiger partial charge in [-0.05, 0) is 12.1 Å². The quantitative estimate of drug-likeness (QED) is 0.584. The van der Waals surface area contributed by atoms with Gasteiger partial charge >= 0.3 is 0 Å². The normalized spacial score (nSPS) is 27.6. The highest BCUT2D eigenvalue weighted by atomic mass is 35.5. The Hall–Kier alpha value is -0.580. The third-order valence-corrected chi connectivity index (χ3v) is 3.33. The van der Waals surface area contributed by atoms with Crippen molar-refractivity contribution in [2.75, 3.05) is 39.3 Å². The third kappa shape index (κ3) is 3.20. The van der Waals surface area contributed by atoms with Crippen LogP contribution in [0.4, 0.5) is 0 Å². The molecule has 1 unspecified atom stereocenters. The molecule has 0 amide bonds. The molecule has 1 N–H and O–H groups in total. The van der Waals surface area contributed by atoms with E-state index in [1.54, 1.807) is 0 Å². The first-order valence-corrected chi connectivity index (χ1v) is 6.28. The molecule has 0 aromatic rings. The summed E-state index contributed by atoms with van der Waals surface area (Å²) in [5.74, 6) is 0. The average Bonchev–Trinajstić information content (AvgIpc) is 2.33. The first kappa shape index (κ1) is 11.9. The fraction of sp³-hybridized carbons (Fsp3) is 0.727. The van der Waals surface area contributed by atoms with E-state index in [2.05, 4.69) is 27.0 Å². The molecule has 0 radical (unpaired) electrons. The molecule has 0 spiro atoms. The van der Waals surface area contributed by atoms with Crippen LogP contribution in [0.1, 0.15) is 6.92 Å². The fourth-order valence-corrected chi connectivity index (χ4v) is 2.14. The van der Waals surface area contributed by atoms with Gasteiger partial charge in [-0.15, -0.1) is 0 Å². The Labute approximate surface area is 102 Å². The van der Waals surface area contributed by atoms with Crippen LogP contribution in [0.25, 0.3) is 0 Å². The van der Waals surface area contributed by atoms with E-state index in [9.17, 15) is 0 Å². The van der Waals surface area contributed by atoms with Gasteiger partial charge in [-0.3, -0.25) is 9.89 Å². The van der Waals surface area contributed by atoms with Gasteiger partial charge in [-0.25, -0.2) is 0 Å². The minimum absolute atomic E-state index is 0.291. The maximum Gasteiger partial charge on any atom is 0.194 e. The zero-order valence-electron chi connectivity index (χ0n) is 9.69. The summed E-state index contributed by atoms with van der Waals surface area (Å²) < 4.78 is 0. The lowest BCUT2D eigenvalue weighted by Gasteiger charge is -2.34. The van der Waals surface area contributed by atoms with Gasteiger partial charge in [0, 0.05) is 45.1 Å². The summed E-state index contributed by atoms with van der Waals surface area (Å²) >= 11 is 5.79. The molecule has 0 aromatic heterocycles. The summed E-state index contributed by atoms with van der Waals surface area (Å²) in [5, 5.41) is 3.01. The Morgan fingerprint density at radius 3 is 2.62 bits per heavy atom. The van der Waals surface area contributed by atoms with Crippen LogP contribution in [0, 0.1) is 0 Å². The zero-order valence-corrected chi connectivity index (χ0v) is 10.5. The van der Waals surface area contributed by atoms with Crippen molar-refractivity contribution >= 4 is 17.8 Å². The molecular formula is C11H19ClN4. The summed E-state index contributed by atoms with van der Waals surface area (Å²) in [5.41, 5.74) is 0.919. The van der Waals surface area contributed by atoms with Crippen LogP contribution in [0.5, 0.6) is 0 Å². The molecule has 90 valence electrons. The Morgan fingerprint density at radius 2 is 2.06 bits per heavy atom. The topological polar surface area (TPSA) is 30.9 Å². The van der Waals surface area contributed by atoms with Crippen molar-refractivity contribution in [1.82, 2.24) is 15.1 Å². The predicted octanol–water partition coefficient (Wildman–Crippen LogP) is 0.704. The standard InChI is InChI=1S/C11H19ClN4/c1-2-15-3-5-16(6-4-15)9-10-7-13-11(12)14-8-10/h7-8,11,13H,2-6,9H2,1H3. The van der Waals surface area contributed by atoms with Crippen LogP contribution in [0.3, 0.4) is 0 Å². The van der Waals surface area contributed by atoms with Gasteiger partial charge in [0.25, 0.3) is 0 Å². The Balaban J connectivity index is 1.77. The predicted molar refractivity (Wildman–Crippen MR) is 67.9 cm³/mol. The van der Waals surface area contributed by atoms with Crippen molar-refractivity contribution < 1.29 is 0 Å². The van der Waals surface area contributed by atoms with E-state index in [1.807, 2.05) is 12.4 Å². The Bertz CT molecular complexity index is 282. The van der Waals surface area contributed by atoms with Crippen LogP contribution in [-0.4, -0.2) is 60.9 Å². The summed E-state index contributed by atoms with van der Waals surface area (Å²) in [6.45, 7) is 8.98. The maximum atomic E-state index is 5.79. The van der Waals surface area contributed by atoms with E-state index in [4.69, 9.17) is 11.6 Å². The van der Waals surface area contributed by atoms with Gasteiger partial charge in [-0.1, -0.05) is 18.5 Å². The SMILES string of the molecule is CCN1CCN(CC2=CNC(Cl)N=C2)CC1. The molecule has 0 aromatic carbocycles. The molecule has 2 aliphatic heterocycles. The van der Waals surface area contributed by atoms with Gasteiger partial charge in [0.1, 0.15) is 0 Å². The van der Waals surface area contributed by atoms with Crippen molar-refractivity contribution in [2.45, 2.75) is 12.5 Å². The van der Waals surface area contributed by atoms with E-state index in [0.717, 1.165) is 26.2 Å². The second-order valence-electron chi connectivity index (χ2n) is 4.21. The summed E-state index contributed by atoms with van der Waals surface area (Å²) in [4.78, 5) is 9.07. The van der Waals surface area contributed by atoms with Crippen LogP contribution >= 0.6 is 11.6 Å². The van der Waals surface area contributed by atoms with Gasteiger partial charge in [-0.2, -0.15) is 0 Å². The van der Waals surface area contributed by atoms with Gasteiger partial charge in [0.05, 0.1) is 0 Å². The number of nitrogens with zero attached hydrogens (tertiary/aromatic N) is 3. The van der Waals surface area contributed by atoms with Crippen LogP contribution in [0.15, 0.2) is 16.8 Å². The largest absolute Gasteiger partial charge is 0.357 e. The summed E-state index contributed by atoms with van der Waals surface area (Å²) in [6, 6.07) is 0. The zero-order chi connectivity index (χ0) is 11.4. The van der Waals surface area contributed by atoms with E-state index in [0.29, 0.717) is 0 Å². The number of hydrogen-bond acceptors (Lipinski definition) is 4. The number of piperazine rings is 1. The van der Waals surface area contributed by atoms with Crippen molar-refractivity contribution in [3.05, 3.63) is 11.8 Å². The Morgan fingerprint density at radius 1 is 1.38 bits per heavy atom. The molecular weight excluding hydrogens is 224 g/mol. The number of likely N-dealkylation sites (N-methyl/N-ethyl adjacent to an activating group) is 1. The molecule has 16 heavy (non-hydrogen) atoms. The number of nitrogens with one attached hydrogen (secondary N) is 1. The van der Waals surface area contributed by atoms with Gasteiger partial charge < -0.3 is 10.2 Å². The molecule has 2 aliphatic rings. The molecule has 1 saturated heterocycles. The minimum Gasteiger partial charge on any atom is -0.357 e. The number of alkyl halides is 1. The van der Waals surface area contributed by atoms with Crippen molar-refractivity contribution in [1.29, 1.82) is 0 Å². The molecule has 2 heterocycles. The molecule has 0 bridgehead atoms. The molecule has 4 nitrogen and oxygen atoms in total. The third-order valence-electron chi connectivity index (χ3n) is 3.10. The molecule has 2 rings (SSSR count). The molecule has 0 aliphatic carbocycles. The second-order valence-corrected chi connectivity index (χ2v) is 4.62. The highest BCUT2D eigenvalue weighted by Crippen LogP contribution is 2.07. The lowest BCUT2D eigenvalue weighted by Crippen LogP contribution is -2.46. The van der Waals surface area contributed by atoms with Crippen LogP contribution in [0.2, 0.25) is 0 Å². The highest BCUT2D eigenvalue weighted by Gasteiger charge is 2.16. The highest BCUT2D eigenvalue weighted by molar-refractivity contribution is 6.20. The van der Waals surface area contributed by atoms with E-state index in [-0.39, 0.29) is 5.62 Å². The lowest BCUT2D eigenvalue weighted by atomic mass is 10.2. The van der Waals surface area contributed by atoms with Gasteiger partial charge in [0.15, 0.2) is 5.62 Å². The van der Waals surface area contributed by atoms with Gasteiger partial charge in [0.2, 0.25) is 0 Å². The minimum atomic E-state index is -0.291. The summed E-state index contributed by atoms with van der Waals surface area (Å²) in [7, 11) is 0. The lowest BCUT2D eigenvalue weighted by molar-refractivity contribution is 0.147. The van der Waals surface area contributed by atoms with E-state index in [1.165, 1.54) is 18.7 Å². The van der Waals surface area contributed by atoms with E-state index >= 15 is 0 Å². The monoisotopic (exact) mass is 242 g/mol. The number of rotatable bonds is 3. The number of aliphatic imine (C=N–C) groups is 1. The average molecular weight is 243 g/mol. The first-order valence-electron chi connectivity index (χ1n) is 5.85. The molecule has 1 fully saturated rings. The molecule has 5 heteroatoms. The van der Waals surface area contributed by atoms with Crippen molar-refractivity contribution in [3.63, 3.8) is 0 Å². The second kappa shape index (κ2) is 5.66. The van der Waals surface area contributed by atoms with Crippen LogP contribution < -0.4 is 5.32 Å². The first-order chi connectivity index (χ1) is 7.78. The van der Waals surface area contributed by atoms with Crippen molar-refractivity contribution in [2.24, 2.45) is 4.99 Å². The number of halogens is 1. The van der Waals surface area contributed by atoms with E-state index < -0.39 is 0 Å². The van der Waals surface area contributed by atoms with Crippen LogP contribution in [-0.2, 0) is 0 Å². The fourth-order valence-electron chi connectivity index (χ4n) is 2.03.